The summed E-state index contributed by atoms with van der Waals surface area (Å²) in [5.41, 5.74) is -0.598. The van der Waals surface area contributed by atoms with Crippen molar-refractivity contribution in [2.75, 3.05) is 19.4 Å². The molecule has 1 atom stereocenters. The Bertz CT molecular complexity index is 456. The maximum absolute atomic E-state index is 11.9. The highest BCUT2D eigenvalue weighted by atomic mass is 35.5. The van der Waals surface area contributed by atoms with E-state index >= 15 is 0 Å². The van der Waals surface area contributed by atoms with E-state index in [-0.39, 0.29) is 5.97 Å². The maximum atomic E-state index is 11.9. The van der Waals surface area contributed by atoms with Crippen molar-refractivity contribution in [2.24, 2.45) is 0 Å². The zero-order valence-electron chi connectivity index (χ0n) is 12.9. The van der Waals surface area contributed by atoms with Crippen LogP contribution in [0.2, 0.25) is 5.02 Å². The molecule has 0 radical (unpaired) electrons. The molecule has 1 aromatic rings. The molecular weight excluding hydrogens is 306 g/mol. The lowest BCUT2D eigenvalue weighted by atomic mass is 9.96. The Labute approximate surface area is 136 Å². The van der Waals surface area contributed by atoms with Gasteiger partial charge in [0.1, 0.15) is 5.54 Å². The number of carbonyl (C=O) groups excluding carboxylic acids is 1. The van der Waals surface area contributed by atoms with Gasteiger partial charge in [-0.25, -0.2) is 0 Å². The normalized spacial score (nSPS) is 13.7. The molecule has 0 heterocycles. The molecule has 0 aliphatic carbocycles. The second-order valence-corrected chi connectivity index (χ2v) is 6.76. The van der Waals surface area contributed by atoms with Gasteiger partial charge in [-0.1, -0.05) is 24.6 Å². The lowest BCUT2D eigenvalue weighted by Crippen LogP contribution is -2.50. The number of benzene rings is 1. The van der Waals surface area contributed by atoms with Crippen LogP contribution in [-0.4, -0.2) is 30.9 Å². The van der Waals surface area contributed by atoms with Crippen molar-refractivity contribution in [1.82, 2.24) is 5.32 Å². The summed E-state index contributed by atoms with van der Waals surface area (Å²) in [4.78, 5) is 13.1. The molecular formula is C16H24ClNO2S. The van der Waals surface area contributed by atoms with Crippen LogP contribution in [0.5, 0.6) is 0 Å². The highest BCUT2D eigenvalue weighted by Crippen LogP contribution is 2.24. The first-order chi connectivity index (χ1) is 10.0. The molecule has 1 N–H and O–H groups in total. The summed E-state index contributed by atoms with van der Waals surface area (Å²) in [5, 5.41) is 4.05. The zero-order chi connectivity index (χ0) is 15.7. The quantitative estimate of drug-likeness (QED) is 0.420. The van der Waals surface area contributed by atoms with Gasteiger partial charge >= 0.3 is 5.97 Å². The van der Waals surface area contributed by atoms with Gasteiger partial charge in [0.2, 0.25) is 0 Å². The molecule has 1 unspecified atom stereocenters. The minimum atomic E-state index is -0.598. The number of hydrogen-bond donors (Lipinski definition) is 1. The monoisotopic (exact) mass is 329 g/mol. The smallest absolute Gasteiger partial charge is 0.325 e. The molecule has 0 amide bonds. The van der Waals surface area contributed by atoms with Crippen LogP contribution in [0.1, 0.15) is 33.1 Å². The molecule has 0 spiro atoms. The molecule has 118 valence electrons. The fourth-order valence-corrected chi connectivity index (χ4v) is 3.23. The van der Waals surface area contributed by atoms with Gasteiger partial charge in [0.15, 0.2) is 0 Å². The standard InChI is InChI=1S/C16H24ClNO2S/c1-4-10-18-16(2,15(19)20-3)9-6-11-21-14-8-5-7-13(17)12-14/h5,7-8,12,18H,4,6,9-11H2,1-3H3. The molecule has 1 aromatic carbocycles. The zero-order valence-corrected chi connectivity index (χ0v) is 14.5. The lowest BCUT2D eigenvalue weighted by molar-refractivity contribution is -0.148. The first kappa shape index (κ1) is 18.3. The summed E-state index contributed by atoms with van der Waals surface area (Å²) in [6.07, 6.45) is 2.68. The molecule has 1 rings (SSSR count). The van der Waals surface area contributed by atoms with Crippen molar-refractivity contribution >= 4 is 29.3 Å². The molecule has 0 fully saturated rings. The molecule has 0 saturated heterocycles. The summed E-state index contributed by atoms with van der Waals surface area (Å²) in [6, 6.07) is 7.83. The number of methoxy groups -OCH3 is 1. The number of rotatable bonds is 9. The van der Waals surface area contributed by atoms with Crippen molar-refractivity contribution in [3.63, 3.8) is 0 Å². The van der Waals surface area contributed by atoms with Crippen LogP contribution in [0.15, 0.2) is 29.2 Å². The first-order valence-electron chi connectivity index (χ1n) is 7.23. The summed E-state index contributed by atoms with van der Waals surface area (Å²) < 4.78 is 4.92. The number of nitrogens with one attached hydrogen (secondary N) is 1. The third-order valence-electron chi connectivity index (χ3n) is 3.29. The fraction of sp³-hybridized carbons (Fsp3) is 0.562. The topological polar surface area (TPSA) is 38.3 Å². The van der Waals surface area contributed by atoms with Gasteiger partial charge in [-0.15, -0.1) is 11.8 Å². The summed E-state index contributed by atoms with van der Waals surface area (Å²) >= 11 is 7.72. The van der Waals surface area contributed by atoms with Crippen LogP contribution in [-0.2, 0) is 9.53 Å². The van der Waals surface area contributed by atoms with Crippen molar-refractivity contribution in [1.29, 1.82) is 0 Å². The Kier molecular flexibility index (Phi) is 8.15. The molecule has 21 heavy (non-hydrogen) atoms. The van der Waals surface area contributed by atoms with Gasteiger partial charge < -0.3 is 10.1 Å². The molecule has 0 aromatic heterocycles. The fourth-order valence-electron chi connectivity index (χ4n) is 2.06. The van der Waals surface area contributed by atoms with E-state index in [0.29, 0.717) is 0 Å². The van der Waals surface area contributed by atoms with E-state index < -0.39 is 5.54 Å². The van der Waals surface area contributed by atoms with E-state index in [4.69, 9.17) is 16.3 Å². The minimum Gasteiger partial charge on any atom is -0.468 e. The number of carbonyl (C=O) groups is 1. The number of halogens is 1. The van der Waals surface area contributed by atoms with Crippen LogP contribution in [0.25, 0.3) is 0 Å². The average Bonchev–Trinajstić information content (AvgIpc) is 2.49. The van der Waals surface area contributed by atoms with Crippen molar-refractivity contribution in [2.45, 2.75) is 43.5 Å². The van der Waals surface area contributed by atoms with Crippen molar-refractivity contribution < 1.29 is 9.53 Å². The first-order valence-corrected chi connectivity index (χ1v) is 8.60. The number of esters is 1. The average molecular weight is 330 g/mol. The van der Waals surface area contributed by atoms with Crippen LogP contribution in [0, 0.1) is 0 Å². The van der Waals surface area contributed by atoms with Gasteiger partial charge in [-0.3, -0.25) is 4.79 Å². The highest BCUT2D eigenvalue weighted by molar-refractivity contribution is 7.99. The Hall–Kier alpha value is -0.710. The Morgan fingerprint density at radius 1 is 1.48 bits per heavy atom. The second kappa shape index (κ2) is 9.34. The highest BCUT2D eigenvalue weighted by Gasteiger charge is 2.32. The lowest BCUT2D eigenvalue weighted by Gasteiger charge is -2.28. The van der Waals surface area contributed by atoms with E-state index in [1.165, 1.54) is 7.11 Å². The molecule has 0 bridgehead atoms. The van der Waals surface area contributed by atoms with Gasteiger partial charge in [0.05, 0.1) is 7.11 Å². The van der Waals surface area contributed by atoms with Gasteiger partial charge in [0, 0.05) is 9.92 Å². The Morgan fingerprint density at radius 3 is 2.86 bits per heavy atom. The van der Waals surface area contributed by atoms with E-state index in [1.807, 2.05) is 31.2 Å². The number of hydrogen-bond acceptors (Lipinski definition) is 4. The molecule has 0 aliphatic rings. The minimum absolute atomic E-state index is 0.191. The maximum Gasteiger partial charge on any atom is 0.325 e. The third-order valence-corrected chi connectivity index (χ3v) is 4.60. The predicted octanol–water partition coefficient (Wildman–Crippen LogP) is 4.14. The molecule has 0 saturated carbocycles. The predicted molar refractivity (Wildman–Crippen MR) is 90.1 cm³/mol. The van der Waals surface area contributed by atoms with E-state index in [2.05, 4.69) is 12.2 Å². The summed E-state index contributed by atoms with van der Waals surface area (Å²) in [5.74, 6) is 0.754. The van der Waals surface area contributed by atoms with E-state index in [1.54, 1.807) is 11.8 Å². The van der Waals surface area contributed by atoms with Crippen LogP contribution < -0.4 is 5.32 Å². The number of ether oxygens (including phenoxy) is 1. The van der Waals surface area contributed by atoms with E-state index in [9.17, 15) is 4.79 Å². The number of thioether (sulfide) groups is 1. The Morgan fingerprint density at radius 2 is 2.24 bits per heavy atom. The second-order valence-electron chi connectivity index (χ2n) is 5.16. The van der Waals surface area contributed by atoms with Crippen molar-refractivity contribution in [3.8, 4) is 0 Å². The van der Waals surface area contributed by atoms with Gasteiger partial charge in [-0.05, 0) is 56.7 Å². The van der Waals surface area contributed by atoms with Crippen LogP contribution in [0.3, 0.4) is 0 Å². The SMILES string of the molecule is CCCNC(C)(CCCSc1cccc(Cl)c1)C(=O)OC. The van der Waals surface area contributed by atoms with Gasteiger partial charge in [0.25, 0.3) is 0 Å². The van der Waals surface area contributed by atoms with Gasteiger partial charge in [-0.2, -0.15) is 0 Å². The molecule has 3 nitrogen and oxygen atoms in total. The largest absolute Gasteiger partial charge is 0.468 e. The van der Waals surface area contributed by atoms with Crippen LogP contribution in [0.4, 0.5) is 0 Å². The molecule has 0 aliphatic heterocycles. The van der Waals surface area contributed by atoms with Crippen LogP contribution >= 0.6 is 23.4 Å². The summed E-state index contributed by atoms with van der Waals surface area (Å²) in [6.45, 7) is 4.81. The summed E-state index contributed by atoms with van der Waals surface area (Å²) in [7, 11) is 1.44. The third kappa shape index (κ3) is 6.29. The molecule has 5 heteroatoms. The Balaban J connectivity index is 2.44. The van der Waals surface area contributed by atoms with E-state index in [0.717, 1.165) is 41.5 Å². The van der Waals surface area contributed by atoms with Crippen molar-refractivity contribution in [3.05, 3.63) is 29.3 Å².